The normalized spacial score (nSPS) is 12.7. The molecule has 0 unspecified atom stereocenters. The fraction of sp³-hybridized carbons (Fsp3) is 0.571. The first kappa shape index (κ1) is 22.6. The van der Waals surface area contributed by atoms with Crippen LogP contribution in [0.1, 0.15) is 59.3 Å². The van der Waals surface area contributed by atoms with Crippen molar-refractivity contribution in [1.82, 2.24) is 4.98 Å². The molecule has 28 heavy (non-hydrogen) atoms. The second-order valence-corrected chi connectivity index (χ2v) is 9.81. The first-order valence-corrected chi connectivity index (χ1v) is 10.9. The van der Waals surface area contributed by atoms with Gasteiger partial charge in [0, 0.05) is 11.3 Å². The zero-order chi connectivity index (χ0) is 20.6. The Morgan fingerprint density at radius 2 is 2.00 bits per heavy atom. The number of aromatic nitrogens is 1. The first-order chi connectivity index (χ1) is 13.2. The van der Waals surface area contributed by atoms with Gasteiger partial charge in [-0.3, -0.25) is 9.59 Å². The molecule has 1 heterocycles. The number of thiazole rings is 1. The number of fused-ring (bicyclic) bond motifs is 1. The summed E-state index contributed by atoms with van der Waals surface area (Å²) < 4.78 is 6.27. The van der Waals surface area contributed by atoms with Crippen molar-refractivity contribution < 1.29 is 14.3 Å². The van der Waals surface area contributed by atoms with E-state index >= 15 is 0 Å². The van der Waals surface area contributed by atoms with Crippen LogP contribution in [-0.2, 0) is 14.3 Å². The number of carbonyl (C=O) groups excluding carboxylic acids is 2. The average molecular weight is 425 g/mol. The van der Waals surface area contributed by atoms with Crippen molar-refractivity contribution in [2.45, 2.75) is 64.2 Å². The Morgan fingerprint density at radius 1 is 1.25 bits per heavy atom. The van der Waals surface area contributed by atoms with Crippen molar-refractivity contribution in [3.63, 3.8) is 0 Å². The summed E-state index contributed by atoms with van der Waals surface area (Å²) >= 11 is 7.61. The molecule has 0 fully saturated rings. The van der Waals surface area contributed by atoms with Gasteiger partial charge in [-0.05, 0) is 44.7 Å². The number of anilines is 1. The number of alkyl halides is 1. The molecule has 0 spiro atoms. The van der Waals surface area contributed by atoms with Gasteiger partial charge in [0.25, 0.3) is 0 Å². The van der Waals surface area contributed by atoms with Crippen LogP contribution >= 0.6 is 22.9 Å². The fourth-order valence-corrected chi connectivity index (χ4v) is 3.80. The Morgan fingerprint density at radius 3 is 2.71 bits per heavy atom. The Bertz CT molecular complexity index is 752. The third kappa shape index (κ3) is 8.57. The van der Waals surface area contributed by atoms with E-state index in [1.165, 1.54) is 11.3 Å². The third-order valence-electron chi connectivity index (χ3n) is 4.44. The Labute approximate surface area is 175 Å². The van der Waals surface area contributed by atoms with E-state index in [0.29, 0.717) is 17.7 Å². The highest BCUT2D eigenvalue weighted by atomic mass is 35.5. The van der Waals surface area contributed by atoms with Crippen molar-refractivity contribution >= 4 is 50.2 Å². The summed E-state index contributed by atoms with van der Waals surface area (Å²) in [5.41, 5.74) is 0.853. The van der Waals surface area contributed by atoms with E-state index < -0.39 is 0 Å². The van der Waals surface area contributed by atoms with E-state index in [1.54, 1.807) is 0 Å². The Balaban J connectivity index is 1.59. The van der Waals surface area contributed by atoms with Crippen LogP contribution in [-0.4, -0.2) is 28.3 Å². The second kappa shape index (κ2) is 10.8. The lowest BCUT2D eigenvalue weighted by molar-refractivity contribution is -0.145. The molecular weight excluding hydrogens is 396 g/mol. The quantitative estimate of drug-likeness (QED) is 0.367. The van der Waals surface area contributed by atoms with Crippen LogP contribution in [0.25, 0.3) is 10.2 Å². The van der Waals surface area contributed by atoms with Crippen LogP contribution in [0, 0.1) is 5.92 Å². The number of nitrogens with one attached hydrogen (secondary N) is 1. The van der Waals surface area contributed by atoms with Gasteiger partial charge in [0.15, 0.2) is 5.13 Å². The number of amides is 1. The lowest BCUT2D eigenvalue weighted by Crippen LogP contribution is -2.15. The predicted octanol–water partition coefficient (Wildman–Crippen LogP) is 5.77. The van der Waals surface area contributed by atoms with E-state index in [9.17, 15) is 9.59 Å². The highest BCUT2D eigenvalue weighted by Crippen LogP contribution is 2.25. The van der Waals surface area contributed by atoms with Crippen LogP contribution in [0.2, 0.25) is 0 Å². The molecule has 0 aliphatic rings. The molecule has 0 bridgehead atoms. The highest BCUT2D eigenvalue weighted by molar-refractivity contribution is 7.22. The third-order valence-corrected chi connectivity index (χ3v) is 5.58. The predicted molar refractivity (Wildman–Crippen MR) is 116 cm³/mol. The summed E-state index contributed by atoms with van der Waals surface area (Å²) in [6.07, 6.45) is 4.10. The van der Waals surface area contributed by atoms with Gasteiger partial charge in [-0.25, -0.2) is 4.98 Å². The molecule has 2 rings (SSSR count). The number of hydrogen-bond acceptors (Lipinski definition) is 5. The maximum Gasteiger partial charge on any atom is 0.306 e. The lowest BCUT2D eigenvalue weighted by atomic mass is 9.97. The number of esters is 1. The molecular formula is C21H29ClN2O3S. The summed E-state index contributed by atoms with van der Waals surface area (Å²) in [6, 6.07) is 7.69. The largest absolute Gasteiger partial charge is 0.466 e. The Hall–Kier alpha value is -1.66. The van der Waals surface area contributed by atoms with E-state index in [0.717, 1.165) is 35.9 Å². The molecule has 1 amide bonds. The maximum absolute atomic E-state index is 12.0. The van der Waals surface area contributed by atoms with Gasteiger partial charge in [0.05, 0.1) is 23.2 Å². The van der Waals surface area contributed by atoms with Crippen LogP contribution in [0.3, 0.4) is 0 Å². The van der Waals surface area contributed by atoms with Gasteiger partial charge in [-0.1, -0.05) is 43.2 Å². The Kier molecular flexibility index (Phi) is 8.70. The summed E-state index contributed by atoms with van der Waals surface area (Å²) in [4.78, 5) is 28.0. The molecule has 1 aromatic carbocycles. The highest BCUT2D eigenvalue weighted by Gasteiger charge is 2.14. The first-order valence-electron chi connectivity index (χ1n) is 9.73. The van der Waals surface area contributed by atoms with Gasteiger partial charge in [-0.15, -0.1) is 11.6 Å². The number of halogens is 1. The number of ether oxygens (including phenoxy) is 1. The van der Waals surface area contributed by atoms with E-state index in [1.807, 2.05) is 38.1 Å². The lowest BCUT2D eigenvalue weighted by Gasteiger charge is -2.17. The van der Waals surface area contributed by atoms with Crippen molar-refractivity contribution in [1.29, 1.82) is 0 Å². The minimum absolute atomic E-state index is 0.0749. The molecule has 2 aromatic rings. The summed E-state index contributed by atoms with van der Waals surface area (Å²) in [7, 11) is 0. The molecule has 0 radical (unpaired) electrons. The SMILES string of the molecule is C[C@@H](CCCC(C)(C)Cl)CCOC(=O)CCC(=O)Nc1nc2ccccc2s1. The fourth-order valence-electron chi connectivity index (χ4n) is 2.78. The van der Waals surface area contributed by atoms with Gasteiger partial charge in [0.2, 0.25) is 5.91 Å². The van der Waals surface area contributed by atoms with E-state index in [2.05, 4.69) is 17.2 Å². The van der Waals surface area contributed by atoms with Crippen molar-refractivity contribution in [2.24, 2.45) is 5.92 Å². The van der Waals surface area contributed by atoms with Crippen molar-refractivity contribution in [3.05, 3.63) is 24.3 Å². The van der Waals surface area contributed by atoms with E-state index in [4.69, 9.17) is 16.3 Å². The summed E-state index contributed by atoms with van der Waals surface area (Å²) in [5, 5.41) is 3.30. The smallest absolute Gasteiger partial charge is 0.306 e. The molecule has 1 atom stereocenters. The van der Waals surface area contributed by atoms with Crippen molar-refractivity contribution in [2.75, 3.05) is 11.9 Å². The van der Waals surface area contributed by atoms with Crippen LogP contribution in [0.5, 0.6) is 0 Å². The summed E-state index contributed by atoms with van der Waals surface area (Å²) in [6.45, 7) is 6.59. The number of hydrogen-bond donors (Lipinski definition) is 1. The van der Waals surface area contributed by atoms with Gasteiger partial charge < -0.3 is 10.1 Å². The minimum atomic E-state index is -0.339. The number of benzene rings is 1. The number of para-hydroxylation sites is 1. The number of carbonyl (C=O) groups is 2. The molecule has 7 heteroatoms. The van der Waals surface area contributed by atoms with Crippen LogP contribution in [0.4, 0.5) is 5.13 Å². The molecule has 0 saturated heterocycles. The molecule has 154 valence electrons. The zero-order valence-electron chi connectivity index (χ0n) is 16.8. The van der Waals surface area contributed by atoms with E-state index in [-0.39, 0.29) is 29.6 Å². The molecule has 5 nitrogen and oxygen atoms in total. The van der Waals surface area contributed by atoms with Crippen LogP contribution < -0.4 is 5.32 Å². The topological polar surface area (TPSA) is 68.3 Å². The molecule has 1 N–H and O–H groups in total. The number of nitrogens with zero attached hydrogens (tertiary/aromatic N) is 1. The summed E-state index contributed by atoms with van der Waals surface area (Å²) in [5.74, 6) is -0.0873. The zero-order valence-corrected chi connectivity index (χ0v) is 18.4. The van der Waals surface area contributed by atoms with Crippen molar-refractivity contribution in [3.8, 4) is 0 Å². The average Bonchev–Trinajstić information content (AvgIpc) is 3.01. The molecule has 1 aromatic heterocycles. The van der Waals surface area contributed by atoms with Gasteiger partial charge >= 0.3 is 5.97 Å². The van der Waals surface area contributed by atoms with Gasteiger partial charge in [0.1, 0.15) is 0 Å². The second-order valence-electron chi connectivity index (χ2n) is 7.76. The molecule has 0 aliphatic carbocycles. The minimum Gasteiger partial charge on any atom is -0.466 e. The van der Waals surface area contributed by atoms with Crippen LogP contribution in [0.15, 0.2) is 24.3 Å². The standard InChI is InChI=1S/C21H29ClN2O3S/c1-15(7-6-13-21(2,3)22)12-14-27-19(26)11-10-18(25)24-20-23-16-8-4-5-9-17(16)28-20/h4-5,8-9,15H,6-7,10-14H2,1-3H3,(H,23,24,25)/t15-/m0/s1. The molecule has 0 aliphatic heterocycles. The number of rotatable bonds is 11. The monoisotopic (exact) mass is 424 g/mol. The van der Waals surface area contributed by atoms with Gasteiger partial charge in [-0.2, -0.15) is 0 Å². The maximum atomic E-state index is 12.0. The molecule has 0 saturated carbocycles.